The molecule has 0 saturated heterocycles. The van der Waals surface area contributed by atoms with Crippen molar-refractivity contribution in [3.63, 3.8) is 0 Å². The van der Waals surface area contributed by atoms with Crippen LogP contribution in [0, 0.1) is 0 Å². The van der Waals surface area contributed by atoms with Gasteiger partial charge in [-0.3, -0.25) is 4.79 Å². The van der Waals surface area contributed by atoms with Crippen LogP contribution in [0.15, 0.2) is 30.3 Å². The molecule has 32 heavy (non-hydrogen) atoms. The van der Waals surface area contributed by atoms with Gasteiger partial charge in [-0.2, -0.15) is 0 Å². The number of halogens is 1. The highest BCUT2D eigenvalue weighted by Gasteiger charge is 2.30. The Hall–Kier alpha value is -2.79. The zero-order valence-electron chi connectivity index (χ0n) is 19.6. The number of benzene rings is 2. The maximum atomic E-state index is 12.9. The van der Waals surface area contributed by atoms with Gasteiger partial charge in [0.15, 0.2) is 5.78 Å². The minimum atomic E-state index is -0.608. The lowest BCUT2D eigenvalue weighted by Crippen LogP contribution is -2.19. The Labute approximate surface area is 194 Å². The number of hydrogen-bond acceptors (Lipinski definition) is 5. The van der Waals surface area contributed by atoms with E-state index in [1.54, 1.807) is 26.0 Å². The second kappa shape index (κ2) is 9.78. The first-order valence-electron chi connectivity index (χ1n) is 10.6. The Balaban J connectivity index is 2.70. The van der Waals surface area contributed by atoms with E-state index in [4.69, 9.17) is 16.3 Å². The minimum absolute atomic E-state index is 0.106. The Morgan fingerprint density at radius 1 is 1.06 bits per heavy atom. The zero-order valence-corrected chi connectivity index (χ0v) is 20.4. The molecule has 0 unspecified atom stereocenters. The van der Waals surface area contributed by atoms with Crippen molar-refractivity contribution in [2.24, 2.45) is 0 Å². The summed E-state index contributed by atoms with van der Waals surface area (Å²) in [6.07, 6.45) is 2.59. The van der Waals surface area contributed by atoms with Crippen LogP contribution in [-0.2, 0) is 10.2 Å². The molecule has 0 aliphatic rings. The number of esters is 1. The van der Waals surface area contributed by atoms with Gasteiger partial charge in [-0.25, -0.2) is 4.79 Å². The molecule has 0 amide bonds. The normalized spacial score (nSPS) is 12.1. The fraction of sp³-hybridized carbons (Fsp3) is 0.385. The second-order valence-corrected chi connectivity index (χ2v) is 9.80. The molecule has 0 radical (unpaired) electrons. The summed E-state index contributed by atoms with van der Waals surface area (Å²) in [5.74, 6) is -1.47. The van der Waals surface area contributed by atoms with E-state index in [2.05, 4.69) is 0 Å². The number of hydrogen-bond donors (Lipinski definition) is 2. The molecule has 2 N–H and O–H groups in total. The van der Waals surface area contributed by atoms with Gasteiger partial charge in [0.25, 0.3) is 0 Å². The molecule has 5 nitrogen and oxygen atoms in total. The lowest BCUT2D eigenvalue weighted by molar-refractivity contribution is 0.0372. The molecular formula is C26H31ClO5. The van der Waals surface area contributed by atoms with Crippen molar-refractivity contribution in [2.75, 3.05) is 0 Å². The van der Waals surface area contributed by atoms with Gasteiger partial charge >= 0.3 is 5.97 Å². The third kappa shape index (κ3) is 5.71. The van der Waals surface area contributed by atoms with Crippen LogP contribution in [-0.4, -0.2) is 28.1 Å². The SMILES string of the molecule is CC(C)OC(=O)c1c(O)c(C(C)(C)C)cc(C=CC(=O)c2ccc(Cl)cc2O)c1C(C)C. The largest absolute Gasteiger partial charge is 0.507 e. The molecule has 2 aromatic carbocycles. The van der Waals surface area contributed by atoms with Gasteiger partial charge in [0.05, 0.1) is 11.7 Å². The Morgan fingerprint density at radius 2 is 1.69 bits per heavy atom. The molecule has 6 heteroatoms. The molecule has 0 aliphatic carbocycles. The van der Waals surface area contributed by atoms with Crippen molar-refractivity contribution in [1.29, 1.82) is 0 Å². The van der Waals surface area contributed by atoms with E-state index in [0.717, 1.165) is 0 Å². The Morgan fingerprint density at radius 3 is 2.19 bits per heavy atom. The second-order valence-electron chi connectivity index (χ2n) is 9.37. The van der Waals surface area contributed by atoms with E-state index >= 15 is 0 Å². The number of ether oxygens (including phenoxy) is 1. The van der Waals surface area contributed by atoms with Gasteiger partial charge in [0.1, 0.15) is 17.1 Å². The Bertz CT molecular complexity index is 1060. The molecule has 0 aliphatic heterocycles. The molecule has 0 bridgehead atoms. The predicted molar refractivity (Wildman–Crippen MR) is 128 cm³/mol. The van der Waals surface area contributed by atoms with Crippen molar-refractivity contribution in [2.45, 2.75) is 65.9 Å². The monoisotopic (exact) mass is 458 g/mol. The third-order valence-corrected chi connectivity index (χ3v) is 5.18. The average molecular weight is 459 g/mol. The number of aromatic hydroxyl groups is 2. The zero-order chi connectivity index (χ0) is 24.4. The van der Waals surface area contributed by atoms with Crippen molar-refractivity contribution in [1.82, 2.24) is 0 Å². The van der Waals surface area contributed by atoms with Gasteiger partial charge in [0.2, 0.25) is 0 Å². The quantitative estimate of drug-likeness (QED) is 0.288. The number of phenols is 2. The van der Waals surface area contributed by atoms with E-state index in [1.165, 1.54) is 24.3 Å². The average Bonchev–Trinajstić information content (AvgIpc) is 2.64. The number of rotatable bonds is 6. The van der Waals surface area contributed by atoms with Crippen molar-refractivity contribution < 1.29 is 24.5 Å². The first kappa shape index (κ1) is 25.5. The molecule has 0 fully saturated rings. The van der Waals surface area contributed by atoms with Crippen LogP contribution in [0.2, 0.25) is 5.02 Å². The molecular weight excluding hydrogens is 428 g/mol. The summed E-state index contributed by atoms with van der Waals surface area (Å²) in [6.45, 7) is 13.1. The maximum absolute atomic E-state index is 12.9. The summed E-state index contributed by atoms with van der Waals surface area (Å²) in [7, 11) is 0. The van der Waals surface area contributed by atoms with Crippen LogP contribution >= 0.6 is 11.6 Å². The van der Waals surface area contributed by atoms with Crippen molar-refractivity contribution in [3.8, 4) is 11.5 Å². The standard InChI is InChI=1S/C26H31ClO5/c1-14(2)22-16(8-11-20(28)18-10-9-17(27)13-21(18)29)12-19(26(5,6)7)24(30)23(22)25(31)32-15(3)4/h8-15,29-30H,1-7H3. The van der Waals surface area contributed by atoms with E-state index in [0.29, 0.717) is 21.7 Å². The highest BCUT2D eigenvalue weighted by molar-refractivity contribution is 6.31. The lowest BCUT2D eigenvalue weighted by atomic mass is 9.80. The van der Waals surface area contributed by atoms with Crippen LogP contribution < -0.4 is 0 Å². The van der Waals surface area contributed by atoms with Crippen LogP contribution in [0.25, 0.3) is 6.08 Å². The van der Waals surface area contributed by atoms with Crippen LogP contribution in [0.4, 0.5) is 0 Å². The first-order chi connectivity index (χ1) is 14.7. The number of allylic oxidation sites excluding steroid dienone is 1. The molecule has 0 atom stereocenters. The smallest absolute Gasteiger partial charge is 0.342 e. The fourth-order valence-corrected chi connectivity index (χ4v) is 3.65. The van der Waals surface area contributed by atoms with E-state index in [-0.39, 0.29) is 34.6 Å². The van der Waals surface area contributed by atoms with Crippen molar-refractivity contribution >= 4 is 29.4 Å². The number of phenolic OH excluding ortho intramolecular Hbond substituents is 2. The fourth-order valence-electron chi connectivity index (χ4n) is 3.49. The number of ketones is 1. The van der Waals surface area contributed by atoms with Crippen LogP contribution in [0.1, 0.15) is 91.8 Å². The lowest BCUT2D eigenvalue weighted by Gasteiger charge is -2.26. The predicted octanol–water partition coefficient (Wildman–Crippen LogP) is 6.63. The molecule has 0 heterocycles. The van der Waals surface area contributed by atoms with Gasteiger partial charge in [-0.1, -0.05) is 52.3 Å². The highest BCUT2D eigenvalue weighted by atomic mass is 35.5. The summed E-state index contributed by atoms with van der Waals surface area (Å²) < 4.78 is 5.42. The van der Waals surface area contributed by atoms with Gasteiger partial charge in [-0.05, 0) is 66.6 Å². The minimum Gasteiger partial charge on any atom is -0.507 e. The summed E-state index contributed by atoms with van der Waals surface area (Å²) in [6, 6.07) is 6.08. The van der Waals surface area contributed by atoms with E-state index in [1.807, 2.05) is 34.6 Å². The molecule has 2 rings (SSSR count). The summed E-state index contributed by atoms with van der Waals surface area (Å²) in [4.78, 5) is 25.7. The van der Waals surface area contributed by atoms with E-state index in [9.17, 15) is 19.8 Å². The van der Waals surface area contributed by atoms with Crippen molar-refractivity contribution in [3.05, 3.63) is 63.2 Å². The van der Waals surface area contributed by atoms with Gasteiger partial charge < -0.3 is 14.9 Å². The maximum Gasteiger partial charge on any atom is 0.342 e. The Kier molecular flexibility index (Phi) is 7.79. The molecule has 0 aromatic heterocycles. The number of carbonyl (C=O) groups is 2. The van der Waals surface area contributed by atoms with Crippen LogP contribution in [0.3, 0.4) is 0 Å². The van der Waals surface area contributed by atoms with E-state index < -0.39 is 17.2 Å². The molecule has 0 spiro atoms. The highest BCUT2D eigenvalue weighted by Crippen LogP contribution is 2.40. The van der Waals surface area contributed by atoms with Gasteiger partial charge in [0, 0.05) is 10.6 Å². The first-order valence-corrected chi connectivity index (χ1v) is 10.9. The molecule has 2 aromatic rings. The third-order valence-electron chi connectivity index (χ3n) is 4.94. The molecule has 0 saturated carbocycles. The summed E-state index contributed by atoms with van der Waals surface area (Å²) in [5, 5.41) is 21.4. The number of carbonyl (C=O) groups excluding carboxylic acids is 2. The summed E-state index contributed by atoms with van der Waals surface area (Å²) >= 11 is 5.85. The molecule has 172 valence electrons. The topological polar surface area (TPSA) is 83.8 Å². The van der Waals surface area contributed by atoms with Gasteiger partial charge in [-0.15, -0.1) is 0 Å². The summed E-state index contributed by atoms with van der Waals surface area (Å²) in [5.41, 5.74) is 1.55. The van der Waals surface area contributed by atoms with Crippen LogP contribution in [0.5, 0.6) is 11.5 Å².